The highest BCUT2D eigenvalue weighted by Crippen LogP contribution is 2.29. The number of benzene rings is 1. The zero-order valence-corrected chi connectivity index (χ0v) is 16.4. The van der Waals surface area contributed by atoms with Gasteiger partial charge in [0.2, 0.25) is 0 Å². The topological polar surface area (TPSA) is 19.0 Å². The maximum atomic E-state index is 6.29. The molecule has 3 heterocycles. The minimum Gasteiger partial charge on any atom is -0.371 e. The molecule has 0 radical (unpaired) electrons. The third-order valence-electron chi connectivity index (χ3n) is 6.53. The van der Waals surface area contributed by atoms with Crippen LogP contribution in [0.3, 0.4) is 0 Å². The molecule has 0 bridgehead atoms. The van der Waals surface area contributed by atoms with Gasteiger partial charge in [0.25, 0.3) is 0 Å². The monoisotopic (exact) mass is 357 g/mol. The van der Waals surface area contributed by atoms with Crippen LogP contribution in [0.2, 0.25) is 0 Å². The van der Waals surface area contributed by atoms with Crippen molar-refractivity contribution in [3.8, 4) is 0 Å². The number of morpholine rings is 1. The van der Waals surface area contributed by atoms with Crippen LogP contribution in [0.5, 0.6) is 0 Å². The number of nitrogens with zero attached hydrogens (tertiary/aromatic N) is 3. The standard InChI is InChI=1S/C22H35N3O/c1-23-11-5-10-22(18-23)19-25(14-15-26-22)17-21-8-12-24(13-9-21)16-20-6-3-2-4-7-20/h2-4,6-7,21H,5,8-19H2,1H3. The third-order valence-corrected chi connectivity index (χ3v) is 6.53. The summed E-state index contributed by atoms with van der Waals surface area (Å²) in [6, 6.07) is 10.9. The van der Waals surface area contributed by atoms with Crippen LogP contribution < -0.4 is 0 Å². The Morgan fingerprint density at radius 2 is 1.81 bits per heavy atom. The predicted octanol–water partition coefficient (Wildman–Crippen LogP) is 2.70. The number of rotatable bonds is 4. The molecule has 1 aromatic carbocycles. The van der Waals surface area contributed by atoms with Crippen LogP contribution in [0.1, 0.15) is 31.2 Å². The Morgan fingerprint density at radius 1 is 1.00 bits per heavy atom. The Kier molecular flexibility index (Phi) is 5.94. The van der Waals surface area contributed by atoms with Crippen molar-refractivity contribution in [3.63, 3.8) is 0 Å². The quantitative estimate of drug-likeness (QED) is 0.825. The first-order valence-corrected chi connectivity index (χ1v) is 10.5. The lowest BCUT2D eigenvalue weighted by molar-refractivity contribution is -0.139. The Bertz CT molecular complexity index is 554. The molecule has 1 atom stereocenters. The molecule has 0 aromatic heterocycles. The Labute approximate surface area is 159 Å². The van der Waals surface area contributed by atoms with Gasteiger partial charge in [-0.05, 0) is 63.8 Å². The van der Waals surface area contributed by atoms with Gasteiger partial charge in [0.05, 0.1) is 12.2 Å². The number of ether oxygens (including phenoxy) is 1. The number of piperidine rings is 2. The molecule has 26 heavy (non-hydrogen) atoms. The lowest BCUT2D eigenvalue weighted by atomic mass is 9.89. The second kappa shape index (κ2) is 8.39. The van der Waals surface area contributed by atoms with E-state index in [0.717, 1.165) is 38.7 Å². The van der Waals surface area contributed by atoms with Gasteiger partial charge in [-0.3, -0.25) is 9.80 Å². The number of hydrogen-bond acceptors (Lipinski definition) is 4. The van der Waals surface area contributed by atoms with Crippen LogP contribution in [-0.2, 0) is 11.3 Å². The van der Waals surface area contributed by atoms with Crippen molar-refractivity contribution in [2.24, 2.45) is 5.92 Å². The molecule has 1 unspecified atom stereocenters. The van der Waals surface area contributed by atoms with E-state index < -0.39 is 0 Å². The van der Waals surface area contributed by atoms with Gasteiger partial charge in [-0.25, -0.2) is 0 Å². The summed E-state index contributed by atoms with van der Waals surface area (Å²) >= 11 is 0. The van der Waals surface area contributed by atoms with Crippen LogP contribution in [0.25, 0.3) is 0 Å². The molecule has 144 valence electrons. The van der Waals surface area contributed by atoms with E-state index in [0.29, 0.717) is 0 Å². The molecule has 0 aliphatic carbocycles. The van der Waals surface area contributed by atoms with Crippen LogP contribution in [0, 0.1) is 5.92 Å². The minimum atomic E-state index is 0.110. The molecule has 3 aliphatic rings. The summed E-state index contributed by atoms with van der Waals surface area (Å²) in [7, 11) is 2.24. The van der Waals surface area contributed by atoms with Crippen molar-refractivity contribution in [2.45, 2.75) is 37.8 Å². The Hall–Kier alpha value is -0.940. The van der Waals surface area contributed by atoms with Crippen molar-refractivity contribution in [1.29, 1.82) is 0 Å². The second-order valence-corrected chi connectivity index (χ2v) is 8.81. The molecular formula is C22H35N3O. The SMILES string of the molecule is CN1CCCC2(C1)CN(CC1CCN(Cc3ccccc3)CC1)CCO2. The van der Waals surface area contributed by atoms with E-state index in [2.05, 4.69) is 52.1 Å². The largest absolute Gasteiger partial charge is 0.371 e. The summed E-state index contributed by atoms with van der Waals surface area (Å²) in [5.74, 6) is 0.860. The fraction of sp³-hybridized carbons (Fsp3) is 0.727. The molecule has 3 fully saturated rings. The minimum absolute atomic E-state index is 0.110. The highest BCUT2D eigenvalue weighted by atomic mass is 16.5. The fourth-order valence-corrected chi connectivity index (χ4v) is 5.18. The zero-order valence-electron chi connectivity index (χ0n) is 16.4. The highest BCUT2D eigenvalue weighted by molar-refractivity contribution is 5.14. The summed E-state index contributed by atoms with van der Waals surface area (Å²) < 4.78 is 6.29. The molecule has 4 heteroatoms. The van der Waals surface area contributed by atoms with Gasteiger partial charge in [-0.2, -0.15) is 0 Å². The zero-order chi connectivity index (χ0) is 17.8. The Morgan fingerprint density at radius 3 is 2.58 bits per heavy atom. The molecule has 3 aliphatic heterocycles. The van der Waals surface area contributed by atoms with E-state index in [-0.39, 0.29) is 5.60 Å². The molecule has 1 aromatic rings. The summed E-state index contributed by atoms with van der Waals surface area (Å²) in [6.45, 7) is 10.4. The van der Waals surface area contributed by atoms with Crippen molar-refractivity contribution in [1.82, 2.24) is 14.7 Å². The van der Waals surface area contributed by atoms with Gasteiger partial charge in [-0.15, -0.1) is 0 Å². The van der Waals surface area contributed by atoms with Crippen molar-refractivity contribution >= 4 is 0 Å². The smallest absolute Gasteiger partial charge is 0.0935 e. The van der Waals surface area contributed by atoms with Gasteiger partial charge in [0.15, 0.2) is 0 Å². The fourth-order valence-electron chi connectivity index (χ4n) is 5.18. The molecular weight excluding hydrogens is 322 g/mol. The van der Waals surface area contributed by atoms with Crippen LogP contribution in [0.4, 0.5) is 0 Å². The van der Waals surface area contributed by atoms with E-state index in [1.165, 1.54) is 57.4 Å². The van der Waals surface area contributed by atoms with Crippen molar-refractivity contribution in [3.05, 3.63) is 35.9 Å². The molecule has 0 amide bonds. The number of hydrogen-bond donors (Lipinski definition) is 0. The maximum Gasteiger partial charge on any atom is 0.0935 e. The van der Waals surface area contributed by atoms with Crippen molar-refractivity contribution < 1.29 is 4.74 Å². The highest BCUT2D eigenvalue weighted by Gasteiger charge is 2.40. The summed E-state index contributed by atoms with van der Waals surface area (Å²) in [6.07, 6.45) is 5.21. The average molecular weight is 358 g/mol. The molecule has 0 saturated carbocycles. The average Bonchev–Trinajstić information content (AvgIpc) is 2.64. The first-order chi connectivity index (χ1) is 12.7. The summed E-state index contributed by atoms with van der Waals surface area (Å²) in [5, 5.41) is 0. The van der Waals surface area contributed by atoms with E-state index in [4.69, 9.17) is 4.74 Å². The second-order valence-electron chi connectivity index (χ2n) is 8.81. The third kappa shape index (κ3) is 4.66. The normalized spacial score (nSPS) is 30.0. The number of likely N-dealkylation sites (tertiary alicyclic amines) is 2. The van der Waals surface area contributed by atoms with E-state index in [1.807, 2.05) is 0 Å². The summed E-state index contributed by atoms with van der Waals surface area (Å²) in [5.41, 5.74) is 1.56. The van der Waals surface area contributed by atoms with Gasteiger partial charge in [0.1, 0.15) is 0 Å². The first-order valence-electron chi connectivity index (χ1n) is 10.5. The molecule has 4 nitrogen and oxygen atoms in total. The first kappa shape index (κ1) is 18.4. The van der Waals surface area contributed by atoms with E-state index >= 15 is 0 Å². The lowest BCUT2D eigenvalue weighted by Gasteiger charge is -2.48. The van der Waals surface area contributed by atoms with E-state index in [9.17, 15) is 0 Å². The molecule has 1 spiro atoms. The predicted molar refractivity (Wildman–Crippen MR) is 106 cm³/mol. The maximum absolute atomic E-state index is 6.29. The van der Waals surface area contributed by atoms with Crippen LogP contribution >= 0.6 is 0 Å². The van der Waals surface area contributed by atoms with Crippen molar-refractivity contribution in [2.75, 3.05) is 59.5 Å². The van der Waals surface area contributed by atoms with Crippen LogP contribution in [-0.4, -0.2) is 79.8 Å². The van der Waals surface area contributed by atoms with Gasteiger partial charge < -0.3 is 9.64 Å². The molecule has 3 saturated heterocycles. The molecule has 4 rings (SSSR count). The van der Waals surface area contributed by atoms with E-state index in [1.54, 1.807) is 0 Å². The number of likely N-dealkylation sites (N-methyl/N-ethyl adjacent to an activating group) is 1. The van der Waals surface area contributed by atoms with Gasteiger partial charge >= 0.3 is 0 Å². The van der Waals surface area contributed by atoms with Crippen LogP contribution in [0.15, 0.2) is 30.3 Å². The Balaban J connectivity index is 1.24. The summed E-state index contributed by atoms with van der Waals surface area (Å²) in [4.78, 5) is 7.79. The molecule has 0 N–H and O–H groups in total. The van der Waals surface area contributed by atoms with Gasteiger partial charge in [0, 0.05) is 32.7 Å². The lowest BCUT2D eigenvalue weighted by Crippen LogP contribution is -2.59. The van der Waals surface area contributed by atoms with Gasteiger partial charge in [-0.1, -0.05) is 30.3 Å².